The number of aromatic nitrogens is 1. The van der Waals surface area contributed by atoms with Gasteiger partial charge in [-0.05, 0) is 29.3 Å². The van der Waals surface area contributed by atoms with Gasteiger partial charge < -0.3 is 5.73 Å². The second-order valence-corrected chi connectivity index (χ2v) is 3.73. The molecule has 0 saturated heterocycles. The predicted octanol–water partition coefficient (Wildman–Crippen LogP) is 2.52. The summed E-state index contributed by atoms with van der Waals surface area (Å²) in [6.45, 7) is 0. The summed E-state index contributed by atoms with van der Waals surface area (Å²) in [5.74, 6) is -0.269. The van der Waals surface area contributed by atoms with Crippen molar-refractivity contribution < 1.29 is 4.39 Å². The summed E-state index contributed by atoms with van der Waals surface area (Å²) < 4.78 is 12.8. The van der Waals surface area contributed by atoms with Gasteiger partial charge in [0, 0.05) is 18.0 Å². The van der Waals surface area contributed by atoms with Crippen molar-refractivity contribution in [2.75, 3.05) is 0 Å². The number of benzene rings is 1. The number of nitrogens with two attached hydrogens (primary N) is 1. The zero-order valence-electron chi connectivity index (χ0n) is 8.35. The number of nitrogens with zero attached hydrogens (tertiary/aromatic N) is 1. The summed E-state index contributed by atoms with van der Waals surface area (Å²) in [6, 6.07) is 7.98. The zero-order chi connectivity index (χ0) is 11.5. The molecule has 0 aliphatic rings. The van der Waals surface area contributed by atoms with E-state index in [4.69, 9.17) is 18.0 Å². The molecular weight excluding hydrogens is 223 g/mol. The van der Waals surface area contributed by atoms with Crippen molar-refractivity contribution >= 4 is 17.2 Å². The van der Waals surface area contributed by atoms with Crippen molar-refractivity contribution in [3.05, 3.63) is 54.1 Å². The molecule has 2 nitrogen and oxygen atoms in total. The Kier molecular flexibility index (Phi) is 2.92. The molecule has 0 unspecified atom stereocenters. The van der Waals surface area contributed by atoms with Gasteiger partial charge in [-0.3, -0.25) is 4.98 Å². The van der Waals surface area contributed by atoms with Gasteiger partial charge in [0.2, 0.25) is 0 Å². The number of pyridine rings is 1. The third-order valence-electron chi connectivity index (χ3n) is 2.24. The van der Waals surface area contributed by atoms with Gasteiger partial charge in [0.05, 0.1) is 0 Å². The van der Waals surface area contributed by atoms with Gasteiger partial charge in [0.1, 0.15) is 10.8 Å². The van der Waals surface area contributed by atoms with Crippen LogP contribution in [0.15, 0.2) is 42.7 Å². The van der Waals surface area contributed by atoms with Crippen LogP contribution in [-0.2, 0) is 0 Å². The normalized spacial score (nSPS) is 10.1. The Morgan fingerprint density at radius 2 is 1.88 bits per heavy atom. The minimum Gasteiger partial charge on any atom is -0.389 e. The molecule has 0 saturated carbocycles. The molecule has 2 aromatic rings. The van der Waals surface area contributed by atoms with Crippen LogP contribution >= 0.6 is 12.2 Å². The molecule has 0 atom stereocenters. The van der Waals surface area contributed by atoms with E-state index in [-0.39, 0.29) is 10.8 Å². The van der Waals surface area contributed by atoms with Crippen molar-refractivity contribution in [2.45, 2.75) is 0 Å². The highest BCUT2D eigenvalue weighted by Crippen LogP contribution is 2.22. The number of hydrogen-bond donors (Lipinski definition) is 1. The topological polar surface area (TPSA) is 38.9 Å². The molecule has 1 aromatic heterocycles. The molecule has 16 heavy (non-hydrogen) atoms. The monoisotopic (exact) mass is 232 g/mol. The van der Waals surface area contributed by atoms with Gasteiger partial charge in [-0.1, -0.05) is 24.4 Å². The lowest BCUT2D eigenvalue weighted by Crippen LogP contribution is -2.11. The predicted molar refractivity (Wildman–Crippen MR) is 65.5 cm³/mol. The maximum atomic E-state index is 12.8. The Hall–Kier alpha value is -1.81. The van der Waals surface area contributed by atoms with Crippen molar-refractivity contribution in [2.24, 2.45) is 5.73 Å². The van der Waals surface area contributed by atoms with Gasteiger partial charge >= 0.3 is 0 Å². The molecule has 0 aliphatic heterocycles. The zero-order valence-corrected chi connectivity index (χ0v) is 9.17. The largest absolute Gasteiger partial charge is 0.389 e. The van der Waals surface area contributed by atoms with Crippen LogP contribution in [0, 0.1) is 5.82 Å². The first-order valence-electron chi connectivity index (χ1n) is 4.68. The Labute approximate surface area is 97.9 Å². The summed E-state index contributed by atoms with van der Waals surface area (Å²) >= 11 is 4.94. The first-order valence-corrected chi connectivity index (χ1v) is 5.09. The molecule has 2 rings (SSSR count). The summed E-state index contributed by atoms with van der Waals surface area (Å²) in [4.78, 5) is 4.25. The lowest BCUT2D eigenvalue weighted by Gasteiger charge is -2.07. The summed E-state index contributed by atoms with van der Waals surface area (Å²) in [6.07, 6.45) is 3.27. The molecule has 4 heteroatoms. The van der Waals surface area contributed by atoms with Crippen molar-refractivity contribution in [1.82, 2.24) is 4.98 Å². The number of halogens is 1. The molecule has 1 aromatic carbocycles. The lowest BCUT2D eigenvalue weighted by atomic mass is 10.0. The minimum atomic E-state index is -0.269. The van der Waals surface area contributed by atoms with Gasteiger partial charge in [-0.15, -0.1) is 0 Å². The van der Waals surface area contributed by atoms with Crippen LogP contribution in [0.2, 0.25) is 0 Å². The smallest absolute Gasteiger partial charge is 0.123 e. The fraction of sp³-hybridized carbons (Fsp3) is 0. The van der Waals surface area contributed by atoms with E-state index < -0.39 is 0 Å². The highest BCUT2D eigenvalue weighted by molar-refractivity contribution is 7.80. The molecule has 0 amide bonds. The molecule has 80 valence electrons. The summed E-state index contributed by atoms with van der Waals surface area (Å²) in [5.41, 5.74) is 8.03. The van der Waals surface area contributed by atoms with Crippen LogP contribution < -0.4 is 5.73 Å². The van der Waals surface area contributed by atoms with Crippen molar-refractivity contribution in [1.29, 1.82) is 0 Å². The summed E-state index contributed by atoms with van der Waals surface area (Å²) in [7, 11) is 0. The standard InChI is InChI=1S/C12H9FN2S/c13-9-3-1-8(2-4-9)10-5-6-15-7-11(10)12(14)16/h1-7H,(H2,14,16). The maximum absolute atomic E-state index is 12.8. The number of thiocarbonyl (C=S) groups is 1. The fourth-order valence-corrected chi connectivity index (χ4v) is 1.63. The molecule has 0 aliphatic carbocycles. The van der Waals surface area contributed by atoms with E-state index in [9.17, 15) is 4.39 Å². The number of hydrogen-bond acceptors (Lipinski definition) is 2. The van der Waals surface area contributed by atoms with Crippen molar-refractivity contribution in [3.63, 3.8) is 0 Å². The Bertz CT molecular complexity index is 523. The lowest BCUT2D eigenvalue weighted by molar-refractivity contribution is 0.628. The van der Waals surface area contributed by atoms with Gasteiger partial charge in [-0.25, -0.2) is 4.39 Å². The molecule has 0 radical (unpaired) electrons. The SMILES string of the molecule is NC(=S)c1cnccc1-c1ccc(F)cc1. The van der Waals surface area contributed by atoms with Crippen LogP contribution in [0.3, 0.4) is 0 Å². The summed E-state index contributed by atoms with van der Waals surface area (Å²) in [5, 5.41) is 0. The van der Waals surface area contributed by atoms with Crippen molar-refractivity contribution in [3.8, 4) is 11.1 Å². The number of rotatable bonds is 2. The van der Waals surface area contributed by atoms with Crippen LogP contribution in [0.25, 0.3) is 11.1 Å². The first kappa shape index (κ1) is 10.7. The van der Waals surface area contributed by atoms with E-state index in [2.05, 4.69) is 4.98 Å². The fourth-order valence-electron chi connectivity index (χ4n) is 1.47. The van der Waals surface area contributed by atoms with E-state index in [1.807, 2.05) is 6.07 Å². The molecular formula is C12H9FN2S. The van der Waals surface area contributed by atoms with Gasteiger partial charge in [-0.2, -0.15) is 0 Å². The first-order chi connectivity index (χ1) is 7.68. The van der Waals surface area contributed by atoms with E-state index in [0.29, 0.717) is 5.56 Å². The Morgan fingerprint density at radius 3 is 2.50 bits per heavy atom. The second-order valence-electron chi connectivity index (χ2n) is 3.29. The van der Waals surface area contributed by atoms with E-state index in [0.717, 1.165) is 11.1 Å². The van der Waals surface area contributed by atoms with Crippen LogP contribution in [0.5, 0.6) is 0 Å². The third-order valence-corrected chi connectivity index (χ3v) is 2.46. The van der Waals surface area contributed by atoms with Gasteiger partial charge in [0.15, 0.2) is 0 Å². The molecule has 0 fully saturated rings. The third kappa shape index (κ3) is 2.06. The van der Waals surface area contributed by atoms with Crippen LogP contribution in [0.1, 0.15) is 5.56 Å². The Morgan fingerprint density at radius 1 is 1.19 bits per heavy atom. The highest BCUT2D eigenvalue weighted by atomic mass is 32.1. The Balaban J connectivity index is 2.55. The maximum Gasteiger partial charge on any atom is 0.123 e. The average molecular weight is 232 g/mol. The second kappa shape index (κ2) is 4.37. The van der Waals surface area contributed by atoms with Crippen LogP contribution in [-0.4, -0.2) is 9.97 Å². The van der Waals surface area contributed by atoms with E-state index in [1.54, 1.807) is 24.5 Å². The molecule has 2 N–H and O–H groups in total. The van der Waals surface area contributed by atoms with Crippen LogP contribution in [0.4, 0.5) is 4.39 Å². The van der Waals surface area contributed by atoms with E-state index >= 15 is 0 Å². The van der Waals surface area contributed by atoms with E-state index in [1.165, 1.54) is 12.1 Å². The molecule has 1 heterocycles. The highest BCUT2D eigenvalue weighted by Gasteiger charge is 2.06. The minimum absolute atomic E-state index is 0.269. The van der Waals surface area contributed by atoms with Gasteiger partial charge in [0.25, 0.3) is 0 Å². The average Bonchev–Trinajstić information content (AvgIpc) is 2.30. The molecule has 0 spiro atoms. The molecule has 0 bridgehead atoms. The quantitative estimate of drug-likeness (QED) is 0.809.